The monoisotopic (exact) mass is 222 g/mol. The van der Waals surface area contributed by atoms with Gasteiger partial charge in [0.2, 0.25) is 0 Å². The highest BCUT2D eigenvalue weighted by Gasteiger charge is 2.39. The zero-order valence-electron chi connectivity index (χ0n) is 10.6. The number of hydrogen-bond donors (Lipinski definition) is 1. The average molecular weight is 222 g/mol. The molecule has 0 spiro atoms. The normalized spacial score (nSPS) is 40.7. The van der Waals surface area contributed by atoms with Crippen LogP contribution in [0.25, 0.3) is 0 Å². The Labute approximate surface area is 99.8 Å². The van der Waals surface area contributed by atoms with E-state index in [0.29, 0.717) is 0 Å². The number of fused-ring (bicyclic) bond motifs is 2. The van der Waals surface area contributed by atoms with Gasteiger partial charge in [0.25, 0.3) is 0 Å². The van der Waals surface area contributed by atoms with E-state index in [1.54, 1.807) is 0 Å². The van der Waals surface area contributed by atoms with Crippen LogP contribution in [0.2, 0.25) is 0 Å². The van der Waals surface area contributed by atoms with Crippen LogP contribution in [-0.2, 0) is 0 Å². The van der Waals surface area contributed by atoms with Crippen LogP contribution in [0.1, 0.15) is 45.4 Å². The molecule has 2 heteroatoms. The van der Waals surface area contributed by atoms with Crippen molar-refractivity contribution in [3.8, 4) is 0 Å². The molecule has 1 aliphatic heterocycles. The van der Waals surface area contributed by atoms with Gasteiger partial charge in [-0.2, -0.15) is 0 Å². The van der Waals surface area contributed by atoms with Crippen LogP contribution >= 0.6 is 0 Å². The van der Waals surface area contributed by atoms with Crippen molar-refractivity contribution in [2.24, 2.45) is 11.8 Å². The first kappa shape index (κ1) is 11.0. The van der Waals surface area contributed by atoms with E-state index in [4.69, 9.17) is 0 Å². The maximum absolute atomic E-state index is 3.85. The first-order valence-electron chi connectivity index (χ1n) is 7.30. The molecule has 4 unspecified atom stereocenters. The number of nitrogens with zero attached hydrogens (tertiary/aromatic N) is 1. The molecule has 0 radical (unpaired) electrons. The lowest BCUT2D eigenvalue weighted by molar-refractivity contribution is 0.234. The summed E-state index contributed by atoms with van der Waals surface area (Å²) in [6.45, 7) is 6.28. The number of hydrogen-bond acceptors (Lipinski definition) is 2. The van der Waals surface area contributed by atoms with E-state index in [1.165, 1.54) is 58.2 Å². The lowest BCUT2D eigenvalue weighted by Crippen LogP contribution is -2.44. The van der Waals surface area contributed by atoms with E-state index < -0.39 is 0 Å². The molecule has 0 aromatic heterocycles. The van der Waals surface area contributed by atoms with Crippen molar-refractivity contribution in [2.45, 2.75) is 57.5 Å². The van der Waals surface area contributed by atoms with Gasteiger partial charge in [0.05, 0.1) is 0 Å². The van der Waals surface area contributed by atoms with Gasteiger partial charge in [-0.05, 0) is 64.0 Å². The summed E-state index contributed by atoms with van der Waals surface area (Å²) in [6, 6.07) is 1.62. The van der Waals surface area contributed by atoms with Gasteiger partial charge in [-0.1, -0.05) is 6.42 Å². The van der Waals surface area contributed by atoms with E-state index in [-0.39, 0.29) is 0 Å². The summed E-state index contributed by atoms with van der Waals surface area (Å²) < 4.78 is 0. The van der Waals surface area contributed by atoms with Crippen molar-refractivity contribution in [3.63, 3.8) is 0 Å². The molecular weight excluding hydrogens is 196 g/mol. The number of rotatable bonds is 4. The van der Waals surface area contributed by atoms with Crippen molar-refractivity contribution in [1.29, 1.82) is 0 Å². The maximum atomic E-state index is 3.85. The minimum atomic E-state index is 0.752. The van der Waals surface area contributed by atoms with Crippen molar-refractivity contribution < 1.29 is 0 Å². The summed E-state index contributed by atoms with van der Waals surface area (Å²) >= 11 is 0. The fourth-order valence-electron chi connectivity index (χ4n) is 4.13. The van der Waals surface area contributed by atoms with Gasteiger partial charge < -0.3 is 5.32 Å². The predicted octanol–water partition coefficient (Wildman–Crippen LogP) is 2.25. The first-order valence-corrected chi connectivity index (χ1v) is 7.30. The zero-order valence-corrected chi connectivity index (χ0v) is 10.6. The smallest absolute Gasteiger partial charge is 0.0192 e. The molecule has 2 saturated carbocycles. The van der Waals surface area contributed by atoms with Crippen LogP contribution < -0.4 is 5.32 Å². The van der Waals surface area contributed by atoms with Gasteiger partial charge in [-0.25, -0.2) is 0 Å². The van der Waals surface area contributed by atoms with Crippen LogP contribution in [0, 0.1) is 11.8 Å². The van der Waals surface area contributed by atoms with Gasteiger partial charge in [-0.15, -0.1) is 0 Å². The molecule has 1 heterocycles. The quantitative estimate of drug-likeness (QED) is 0.785. The molecule has 1 saturated heterocycles. The van der Waals surface area contributed by atoms with Crippen molar-refractivity contribution in [1.82, 2.24) is 10.2 Å². The molecule has 3 fully saturated rings. The molecule has 2 nitrogen and oxygen atoms in total. The maximum Gasteiger partial charge on any atom is 0.0192 e. The summed E-state index contributed by atoms with van der Waals surface area (Å²) in [6.07, 6.45) is 8.84. The average Bonchev–Trinajstić information content (AvgIpc) is 3.01. The predicted molar refractivity (Wildman–Crippen MR) is 67.5 cm³/mol. The highest BCUT2D eigenvalue weighted by atomic mass is 15.2. The van der Waals surface area contributed by atoms with Crippen molar-refractivity contribution in [2.75, 3.05) is 19.6 Å². The second kappa shape index (κ2) is 4.66. The Bertz CT molecular complexity index is 235. The Morgan fingerprint density at radius 1 is 1.19 bits per heavy atom. The van der Waals surface area contributed by atoms with Crippen LogP contribution in [0.15, 0.2) is 0 Å². The van der Waals surface area contributed by atoms with Gasteiger partial charge >= 0.3 is 0 Å². The molecule has 2 aliphatic carbocycles. The van der Waals surface area contributed by atoms with Crippen LogP contribution in [0.4, 0.5) is 0 Å². The van der Waals surface area contributed by atoms with Crippen molar-refractivity contribution >= 4 is 0 Å². The Kier molecular flexibility index (Phi) is 3.21. The molecule has 16 heavy (non-hydrogen) atoms. The molecule has 3 rings (SSSR count). The lowest BCUT2D eigenvalue weighted by atomic mass is 9.95. The summed E-state index contributed by atoms with van der Waals surface area (Å²) in [5.74, 6) is 2.10. The lowest BCUT2D eigenvalue weighted by Gasteiger charge is -2.28. The summed E-state index contributed by atoms with van der Waals surface area (Å²) in [5, 5.41) is 3.85. The van der Waals surface area contributed by atoms with E-state index in [2.05, 4.69) is 17.1 Å². The Morgan fingerprint density at radius 2 is 2.00 bits per heavy atom. The third-order valence-corrected chi connectivity index (χ3v) is 5.18. The number of likely N-dealkylation sites (tertiary alicyclic amines) is 1. The van der Waals surface area contributed by atoms with Gasteiger partial charge in [0.15, 0.2) is 0 Å². The molecule has 92 valence electrons. The van der Waals surface area contributed by atoms with Crippen molar-refractivity contribution in [3.05, 3.63) is 0 Å². The molecule has 2 bridgehead atoms. The second-order valence-corrected chi connectivity index (χ2v) is 6.28. The molecule has 0 aromatic carbocycles. The largest absolute Gasteiger partial charge is 0.312 e. The third kappa shape index (κ3) is 2.14. The minimum Gasteiger partial charge on any atom is -0.312 e. The molecule has 0 aromatic rings. The van der Waals surface area contributed by atoms with Gasteiger partial charge in [0, 0.05) is 18.6 Å². The fraction of sp³-hybridized carbons (Fsp3) is 1.00. The molecule has 4 atom stereocenters. The highest BCUT2D eigenvalue weighted by Crippen LogP contribution is 2.44. The van der Waals surface area contributed by atoms with E-state index in [9.17, 15) is 0 Å². The highest BCUT2D eigenvalue weighted by molar-refractivity contribution is 4.94. The Hall–Kier alpha value is -0.0800. The van der Waals surface area contributed by atoms with Crippen LogP contribution in [0.5, 0.6) is 0 Å². The Balaban J connectivity index is 1.42. The van der Waals surface area contributed by atoms with Gasteiger partial charge in [0.1, 0.15) is 0 Å². The van der Waals surface area contributed by atoms with E-state index >= 15 is 0 Å². The Morgan fingerprint density at radius 3 is 2.62 bits per heavy atom. The SMILES string of the molecule is CC(CNC1CC2CCC1C2)N1CCCC1. The third-order valence-electron chi connectivity index (χ3n) is 5.18. The standard InChI is InChI=1S/C14H26N2/c1-11(16-6-2-3-7-16)10-15-14-9-12-4-5-13(14)8-12/h11-15H,2-10H2,1H3. The molecular formula is C14H26N2. The van der Waals surface area contributed by atoms with Crippen LogP contribution in [0.3, 0.4) is 0 Å². The molecule has 1 N–H and O–H groups in total. The topological polar surface area (TPSA) is 15.3 Å². The summed E-state index contributed by atoms with van der Waals surface area (Å²) in [4.78, 5) is 2.65. The molecule has 0 amide bonds. The number of nitrogens with one attached hydrogen (secondary N) is 1. The van der Waals surface area contributed by atoms with E-state index in [0.717, 1.165) is 23.9 Å². The van der Waals surface area contributed by atoms with E-state index in [1.807, 2.05) is 0 Å². The minimum absolute atomic E-state index is 0.752. The zero-order chi connectivity index (χ0) is 11.0. The summed E-state index contributed by atoms with van der Waals surface area (Å²) in [5.41, 5.74) is 0. The second-order valence-electron chi connectivity index (χ2n) is 6.28. The van der Waals surface area contributed by atoms with Gasteiger partial charge in [-0.3, -0.25) is 4.90 Å². The first-order chi connectivity index (χ1) is 7.83. The summed E-state index contributed by atoms with van der Waals surface area (Å²) in [7, 11) is 0. The molecule has 3 aliphatic rings. The van der Waals surface area contributed by atoms with Crippen LogP contribution in [-0.4, -0.2) is 36.6 Å². The fourth-order valence-corrected chi connectivity index (χ4v) is 4.13.